The number of aliphatic hydroxyl groups is 1. The van der Waals surface area contributed by atoms with E-state index in [4.69, 9.17) is 5.11 Å². The second kappa shape index (κ2) is 9.52. The lowest BCUT2D eigenvalue weighted by molar-refractivity contribution is 0.283. The summed E-state index contributed by atoms with van der Waals surface area (Å²) in [6, 6.07) is 0. The quantitative estimate of drug-likeness (QED) is 0.411. The minimum Gasteiger partial charge on any atom is -0.396 e. The van der Waals surface area contributed by atoms with Crippen LogP contribution in [0, 0.1) is 35.5 Å². The Morgan fingerprint density at radius 3 is 2.48 bits per heavy atom. The largest absolute Gasteiger partial charge is 0.396 e. The Morgan fingerprint density at radius 1 is 0.857 bits per heavy atom. The van der Waals surface area contributed by atoms with Gasteiger partial charge in [-0.05, 0) is 55.8 Å². The molecule has 0 bridgehead atoms. The van der Waals surface area contributed by atoms with Gasteiger partial charge in [0.1, 0.15) is 0 Å². The van der Waals surface area contributed by atoms with E-state index in [0.29, 0.717) is 6.61 Å². The normalized spacial score (nSPS) is 29.8. The van der Waals surface area contributed by atoms with Crippen molar-refractivity contribution in [3.8, 4) is 11.8 Å². The van der Waals surface area contributed by atoms with E-state index in [9.17, 15) is 0 Å². The SMILES string of the molecule is CCCCC[C@@H]1C[C@@H]1C[C@@H]1C[C@@H]1CC#CCCCCCO. The molecule has 4 atom stereocenters. The Labute approximate surface area is 131 Å². The molecular weight excluding hydrogens is 256 g/mol. The molecule has 0 heterocycles. The minimum absolute atomic E-state index is 0.331. The van der Waals surface area contributed by atoms with Crippen LogP contribution in [-0.2, 0) is 0 Å². The zero-order valence-corrected chi connectivity index (χ0v) is 13.9. The molecule has 1 N–H and O–H groups in total. The summed E-state index contributed by atoms with van der Waals surface area (Å²) in [5.74, 6) is 10.8. The fourth-order valence-corrected chi connectivity index (χ4v) is 3.64. The number of aliphatic hydroxyl groups excluding tert-OH is 1. The monoisotopic (exact) mass is 290 g/mol. The third-order valence-corrected chi connectivity index (χ3v) is 5.37. The summed E-state index contributed by atoms with van der Waals surface area (Å²) in [7, 11) is 0. The first-order valence-corrected chi connectivity index (χ1v) is 9.41. The fourth-order valence-electron chi connectivity index (χ4n) is 3.64. The molecule has 0 aliphatic heterocycles. The maximum Gasteiger partial charge on any atom is 0.0431 e. The van der Waals surface area contributed by atoms with Crippen molar-refractivity contribution in [3.63, 3.8) is 0 Å². The first-order valence-electron chi connectivity index (χ1n) is 9.41. The summed E-state index contributed by atoms with van der Waals surface area (Å²) in [4.78, 5) is 0. The van der Waals surface area contributed by atoms with E-state index in [1.807, 2.05) is 0 Å². The fraction of sp³-hybridized carbons (Fsp3) is 0.900. The topological polar surface area (TPSA) is 20.2 Å². The molecule has 2 aliphatic rings. The summed E-state index contributed by atoms with van der Waals surface area (Å²) >= 11 is 0. The molecule has 120 valence electrons. The Balaban J connectivity index is 1.43. The molecule has 21 heavy (non-hydrogen) atoms. The Morgan fingerprint density at radius 2 is 1.67 bits per heavy atom. The molecule has 0 aromatic heterocycles. The molecule has 0 aromatic rings. The summed E-state index contributed by atoms with van der Waals surface area (Å²) in [5, 5.41) is 8.70. The highest BCUT2D eigenvalue weighted by Gasteiger charge is 2.44. The van der Waals surface area contributed by atoms with Crippen molar-refractivity contribution in [1.29, 1.82) is 0 Å². The maximum absolute atomic E-state index is 8.70. The molecule has 1 heteroatoms. The van der Waals surface area contributed by atoms with Gasteiger partial charge in [0.25, 0.3) is 0 Å². The third-order valence-electron chi connectivity index (χ3n) is 5.37. The molecular formula is C20H34O. The second-order valence-electron chi connectivity index (χ2n) is 7.34. The van der Waals surface area contributed by atoms with Crippen molar-refractivity contribution in [2.24, 2.45) is 23.7 Å². The van der Waals surface area contributed by atoms with E-state index < -0.39 is 0 Å². The molecule has 0 radical (unpaired) electrons. The van der Waals surface area contributed by atoms with E-state index in [0.717, 1.165) is 55.8 Å². The van der Waals surface area contributed by atoms with Gasteiger partial charge in [-0.1, -0.05) is 39.0 Å². The van der Waals surface area contributed by atoms with Gasteiger partial charge in [0.15, 0.2) is 0 Å². The van der Waals surface area contributed by atoms with E-state index in [1.54, 1.807) is 0 Å². The van der Waals surface area contributed by atoms with Gasteiger partial charge in [-0.2, -0.15) is 0 Å². The van der Waals surface area contributed by atoms with Crippen molar-refractivity contribution >= 4 is 0 Å². The third kappa shape index (κ3) is 6.88. The zero-order valence-electron chi connectivity index (χ0n) is 13.9. The molecule has 0 unspecified atom stereocenters. The van der Waals surface area contributed by atoms with Gasteiger partial charge in [0, 0.05) is 19.4 Å². The van der Waals surface area contributed by atoms with Crippen LogP contribution < -0.4 is 0 Å². The van der Waals surface area contributed by atoms with Gasteiger partial charge in [-0.25, -0.2) is 0 Å². The summed E-state index contributed by atoms with van der Waals surface area (Å²) in [6.45, 7) is 2.63. The molecule has 0 aromatic carbocycles. The van der Waals surface area contributed by atoms with Crippen molar-refractivity contribution in [2.45, 2.75) is 84.0 Å². The highest BCUT2D eigenvalue weighted by atomic mass is 16.2. The molecule has 2 rings (SSSR count). The van der Waals surface area contributed by atoms with Crippen molar-refractivity contribution < 1.29 is 5.11 Å². The smallest absolute Gasteiger partial charge is 0.0431 e. The first-order chi connectivity index (χ1) is 10.3. The first kappa shape index (κ1) is 16.9. The molecule has 2 fully saturated rings. The van der Waals surface area contributed by atoms with Gasteiger partial charge < -0.3 is 5.11 Å². The van der Waals surface area contributed by atoms with Crippen LogP contribution in [0.15, 0.2) is 0 Å². The molecule has 0 saturated heterocycles. The van der Waals surface area contributed by atoms with Crippen LogP contribution in [0.2, 0.25) is 0 Å². The second-order valence-corrected chi connectivity index (χ2v) is 7.34. The maximum atomic E-state index is 8.70. The van der Waals surface area contributed by atoms with E-state index in [1.165, 1.54) is 44.9 Å². The predicted octanol–water partition coefficient (Wildman–Crippen LogP) is 5.18. The van der Waals surface area contributed by atoms with Crippen molar-refractivity contribution in [2.75, 3.05) is 6.61 Å². The van der Waals surface area contributed by atoms with Crippen molar-refractivity contribution in [3.05, 3.63) is 0 Å². The lowest BCUT2D eigenvalue weighted by Gasteiger charge is -1.99. The van der Waals surface area contributed by atoms with E-state index in [2.05, 4.69) is 18.8 Å². The molecule has 2 aliphatic carbocycles. The average molecular weight is 290 g/mol. The van der Waals surface area contributed by atoms with Gasteiger partial charge in [-0.3, -0.25) is 0 Å². The highest BCUT2D eigenvalue weighted by Crippen LogP contribution is 2.54. The Bertz CT molecular complexity index is 337. The molecule has 0 amide bonds. The highest BCUT2D eigenvalue weighted by molar-refractivity contribution is 5.05. The lowest BCUT2D eigenvalue weighted by Crippen LogP contribution is -1.88. The van der Waals surface area contributed by atoms with Crippen LogP contribution in [0.4, 0.5) is 0 Å². The zero-order chi connectivity index (χ0) is 14.9. The Hall–Kier alpha value is -0.480. The van der Waals surface area contributed by atoms with Crippen LogP contribution in [0.3, 0.4) is 0 Å². The van der Waals surface area contributed by atoms with Gasteiger partial charge in [0.05, 0.1) is 0 Å². The minimum atomic E-state index is 0.331. The van der Waals surface area contributed by atoms with Gasteiger partial charge >= 0.3 is 0 Å². The molecule has 0 spiro atoms. The number of unbranched alkanes of at least 4 members (excludes halogenated alkanes) is 5. The Kier molecular flexibility index (Phi) is 7.65. The predicted molar refractivity (Wildman–Crippen MR) is 89.9 cm³/mol. The number of hydrogen-bond donors (Lipinski definition) is 1. The van der Waals surface area contributed by atoms with Crippen LogP contribution >= 0.6 is 0 Å². The summed E-state index contributed by atoms with van der Waals surface area (Å²) < 4.78 is 0. The van der Waals surface area contributed by atoms with Gasteiger partial charge in [0.2, 0.25) is 0 Å². The van der Waals surface area contributed by atoms with Gasteiger partial charge in [-0.15, -0.1) is 11.8 Å². The number of hydrogen-bond acceptors (Lipinski definition) is 1. The van der Waals surface area contributed by atoms with Crippen LogP contribution in [0.5, 0.6) is 0 Å². The summed E-state index contributed by atoms with van der Waals surface area (Å²) in [6.07, 6.45) is 15.7. The average Bonchev–Trinajstić information content (AvgIpc) is 3.39. The van der Waals surface area contributed by atoms with Crippen LogP contribution in [-0.4, -0.2) is 11.7 Å². The van der Waals surface area contributed by atoms with Crippen LogP contribution in [0.1, 0.15) is 84.0 Å². The van der Waals surface area contributed by atoms with Crippen molar-refractivity contribution in [1.82, 2.24) is 0 Å². The van der Waals surface area contributed by atoms with E-state index in [-0.39, 0.29) is 0 Å². The molecule has 1 nitrogen and oxygen atoms in total. The summed E-state index contributed by atoms with van der Waals surface area (Å²) in [5.41, 5.74) is 0. The van der Waals surface area contributed by atoms with E-state index >= 15 is 0 Å². The lowest BCUT2D eigenvalue weighted by atomic mass is 10.1. The molecule has 2 saturated carbocycles. The number of rotatable bonds is 11. The van der Waals surface area contributed by atoms with Crippen LogP contribution in [0.25, 0.3) is 0 Å². The standard InChI is InChI=1S/C20H34O/c1-2-3-8-11-17-14-19(17)16-20-15-18(20)12-9-6-4-5-7-10-13-21/h17-21H,2-5,7-8,10-16H2,1H3/t17-,18+,19-,20+/m1/s1.